The molecule has 0 aliphatic carbocycles. The van der Waals surface area contributed by atoms with Gasteiger partial charge >= 0.3 is 0 Å². The molecule has 1 fully saturated rings. The van der Waals surface area contributed by atoms with Crippen molar-refractivity contribution in [2.75, 3.05) is 0 Å². The van der Waals surface area contributed by atoms with Crippen LogP contribution in [0.2, 0.25) is 0 Å². The van der Waals surface area contributed by atoms with Crippen molar-refractivity contribution in [2.45, 2.75) is 16.9 Å². The lowest BCUT2D eigenvalue weighted by molar-refractivity contribution is -0.125. The SMILES string of the molecule is C=CN1C(=O)CC[C@@H]1I. The number of hydrogen-bond acceptors (Lipinski definition) is 1. The van der Waals surface area contributed by atoms with Gasteiger partial charge in [0.15, 0.2) is 0 Å². The minimum Gasteiger partial charge on any atom is -0.307 e. The van der Waals surface area contributed by atoms with Gasteiger partial charge in [-0.3, -0.25) is 4.79 Å². The quantitative estimate of drug-likeness (QED) is 0.384. The predicted molar refractivity (Wildman–Crippen MR) is 44.1 cm³/mol. The zero-order valence-corrected chi connectivity index (χ0v) is 7.17. The van der Waals surface area contributed by atoms with Crippen LogP contribution >= 0.6 is 22.6 Å². The molecule has 0 aromatic rings. The van der Waals surface area contributed by atoms with Gasteiger partial charge in [-0.1, -0.05) is 29.2 Å². The van der Waals surface area contributed by atoms with Crippen LogP contribution in [-0.2, 0) is 4.79 Å². The van der Waals surface area contributed by atoms with E-state index in [1.54, 1.807) is 11.1 Å². The molecule has 50 valence electrons. The zero-order valence-electron chi connectivity index (χ0n) is 5.01. The summed E-state index contributed by atoms with van der Waals surface area (Å²) in [5.74, 6) is 0.199. The maximum absolute atomic E-state index is 10.9. The van der Waals surface area contributed by atoms with Gasteiger partial charge in [0.05, 0.1) is 4.05 Å². The van der Waals surface area contributed by atoms with Crippen molar-refractivity contribution in [3.05, 3.63) is 12.8 Å². The molecule has 3 heteroatoms. The van der Waals surface area contributed by atoms with E-state index in [0.29, 0.717) is 10.5 Å². The average Bonchev–Trinajstić information content (AvgIpc) is 2.12. The van der Waals surface area contributed by atoms with Crippen LogP contribution < -0.4 is 0 Å². The highest BCUT2D eigenvalue weighted by atomic mass is 127. The summed E-state index contributed by atoms with van der Waals surface area (Å²) in [6.45, 7) is 3.54. The number of amides is 1. The second-order valence-corrected chi connectivity index (χ2v) is 3.39. The van der Waals surface area contributed by atoms with E-state index in [-0.39, 0.29) is 5.91 Å². The normalized spacial score (nSPS) is 27.0. The monoisotopic (exact) mass is 237 g/mol. The number of alkyl halides is 1. The molecule has 0 aromatic heterocycles. The first kappa shape index (κ1) is 7.05. The largest absolute Gasteiger partial charge is 0.307 e. The van der Waals surface area contributed by atoms with Gasteiger partial charge in [0.25, 0.3) is 0 Å². The Balaban J connectivity index is 2.65. The fourth-order valence-electron chi connectivity index (χ4n) is 0.883. The van der Waals surface area contributed by atoms with Crippen molar-refractivity contribution in [2.24, 2.45) is 0 Å². The van der Waals surface area contributed by atoms with Crippen molar-refractivity contribution in [3.63, 3.8) is 0 Å². The summed E-state index contributed by atoms with van der Waals surface area (Å²) in [6, 6.07) is 0. The number of hydrogen-bond donors (Lipinski definition) is 0. The third-order valence-corrected chi connectivity index (χ3v) is 2.61. The number of nitrogens with zero attached hydrogens (tertiary/aromatic N) is 1. The molecule has 1 aliphatic heterocycles. The highest BCUT2D eigenvalue weighted by Crippen LogP contribution is 2.23. The molecule has 1 amide bonds. The molecule has 1 atom stereocenters. The molecule has 2 nitrogen and oxygen atoms in total. The van der Waals surface area contributed by atoms with Gasteiger partial charge in [-0.2, -0.15) is 0 Å². The van der Waals surface area contributed by atoms with Gasteiger partial charge in [-0.15, -0.1) is 0 Å². The van der Waals surface area contributed by atoms with E-state index in [0.717, 1.165) is 6.42 Å². The summed E-state index contributed by atoms with van der Waals surface area (Å²) in [4.78, 5) is 12.5. The summed E-state index contributed by atoms with van der Waals surface area (Å²) in [5, 5.41) is 0. The summed E-state index contributed by atoms with van der Waals surface area (Å²) in [7, 11) is 0. The third kappa shape index (κ3) is 1.26. The van der Waals surface area contributed by atoms with Gasteiger partial charge in [0.2, 0.25) is 5.91 Å². The van der Waals surface area contributed by atoms with Crippen LogP contribution in [0.5, 0.6) is 0 Å². The maximum atomic E-state index is 10.9. The number of likely N-dealkylation sites (tertiary alicyclic amines) is 1. The van der Waals surface area contributed by atoms with Crippen LogP contribution in [0.1, 0.15) is 12.8 Å². The number of carbonyl (C=O) groups is 1. The minimum absolute atomic E-state index is 0.199. The van der Waals surface area contributed by atoms with E-state index in [4.69, 9.17) is 0 Å². The smallest absolute Gasteiger partial charge is 0.227 e. The average molecular weight is 237 g/mol. The molecule has 0 aromatic carbocycles. The lowest BCUT2D eigenvalue weighted by atomic mass is 10.4. The van der Waals surface area contributed by atoms with Crippen molar-refractivity contribution in [1.82, 2.24) is 4.90 Å². The molecule has 1 aliphatic rings. The van der Waals surface area contributed by atoms with Crippen LogP contribution in [0.3, 0.4) is 0 Å². The van der Waals surface area contributed by atoms with Gasteiger partial charge in [0, 0.05) is 12.6 Å². The van der Waals surface area contributed by atoms with E-state index in [2.05, 4.69) is 29.2 Å². The predicted octanol–water partition coefficient (Wildman–Crippen LogP) is 1.51. The first-order chi connectivity index (χ1) is 4.25. The molecule has 9 heavy (non-hydrogen) atoms. The van der Waals surface area contributed by atoms with E-state index < -0.39 is 0 Å². The second-order valence-electron chi connectivity index (χ2n) is 1.96. The molecule has 0 unspecified atom stereocenters. The summed E-state index contributed by atoms with van der Waals surface area (Å²) in [6.07, 6.45) is 3.25. The Hall–Kier alpha value is -0.0600. The number of halogens is 1. The molecular formula is C6H8INO. The lowest BCUT2D eigenvalue weighted by Crippen LogP contribution is -2.21. The highest BCUT2D eigenvalue weighted by molar-refractivity contribution is 14.1. The van der Waals surface area contributed by atoms with Crippen LogP contribution in [0.25, 0.3) is 0 Å². The molecule has 1 rings (SSSR count). The van der Waals surface area contributed by atoms with Crippen molar-refractivity contribution >= 4 is 28.5 Å². The Morgan fingerprint density at radius 1 is 1.89 bits per heavy atom. The van der Waals surface area contributed by atoms with Crippen molar-refractivity contribution in [3.8, 4) is 0 Å². The Labute approximate surface area is 68.1 Å². The molecular weight excluding hydrogens is 229 g/mol. The molecule has 0 radical (unpaired) electrons. The second kappa shape index (κ2) is 2.68. The summed E-state index contributed by atoms with van der Waals surface area (Å²) < 4.78 is 0.340. The first-order valence-corrected chi connectivity index (χ1v) is 4.08. The molecule has 1 saturated heterocycles. The number of rotatable bonds is 1. The van der Waals surface area contributed by atoms with Gasteiger partial charge in [-0.25, -0.2) is 0 Å². The zero-order chi connectivity index (χ0) is 6.85. The Morgan fingerprint density at radius 2 is 2.56 bits per heavy atom. The molecule has 0 N–H and O–H groups in total. The molecule has 0 bridgehead atoms. The van der Waals surface area contributed by atoms with E-state index >= 15 is 0 Å². The Kier molecular flexibility index (Phi) is 2.10. The highest BCUT2D eigenvalue weighted by Gasteiger charge is 2.25. The topological polar surface area (TPSA) is 20.3 Å². The first-order valence-electron chi connectivity index (χ1n) is 2.83. The number of carbonyl (C=O) groups excluding carboxylic acids is 1. The van der Waals surface area contributed by atoms with Crippen LogP contribution in [0.4, 0.5) is 0 Å². The lowest BCUT2D eigenvalue weighted by Gasteiger charge is -2.12. The summed E-state index contributed by atoms with van der Waals surface area (Å²) in [5.41, 5.74) is 0. The fraction of sp³-hybridized carbons (Fsp3) is 0.500. The molecule has 0 spiro atoms. The van der Waals surface area contributed by atoms with E-state index in [9.17, 15) is 4.79 Å². The molecule has 1 heterocycles. The van der Waals surface area contributed by atoms with E-state index in [1.807, 2.05) is 0 Å². The Bertz CT molecular complexity index is 146. The summed E-state index contributed by atoms with van der Waals surface area (Å²) >= 11 is 2.24. The Morgan fingerprint density at radius 3 is 2.78 bits per heavy atom. The molecule has 0 saturated carbocycles. The van der Waals surface area contributed by atoms with Crippen LogP contribution in [0.15, 0.2) is 12.8 Å². The van der Waals surface area contributed by atoms with Gasteiger partial charge in [-0.05, 0) is 6.42 Å². The van der Waals surface area contributed by atoms with Crippen molar-refractivity contribution in [1.29, 1.82) is 0 Å². The van der Waals surface area contributed by atoms with Crippen LogP contribution in [-0.4, -0.2) is 14.9 Å². The van der Waals surface area contributed by atoms with Gasteiger partial charge < -0.3 is 4.90 Å². The third-order valence-electron chi connectivity index (χ3n) is 1.38. The fourth-order valence-corrected chi connectivity index (χ4v) is 1.73. The maximum Gasteiger partial charge on any atom is 0.227 e. The van der Waals surface area contributed by atoms with E-state index in [1.165, 1.54) is 0 Å². The van der Waals surface area contributed by atoms with Gasteiger partial charge in [0.1, 0.15) is 0 Å². The van der Waals surface area contributed by atoms with Crippen LogP contribution in [0, 0.1) is 0 Å². The standard InChI is InChI=1S/C6H8INO/c1-2-8-5(7)3-4-6(8)9/h2,5H,1,3-4H2/t5-/m1/s1. The van der Waals surface area contributed by atoms with Crippen molar-refractivity contribution < 1.29 is 4.79 Å². The minimum atomic E-state index is 0.199.